The van der Waals surface area contributed by atoms with Crippen molar-refractivity contribution in [2.24, 2.45) is 0 Å². The Morgan fingerprint density at radius 3 is 2.52 bits per heavy atom. The molecule has 6 heteroatoms. The summed E-state index contributed by atoms with van der Waals surface area (Å²) < 4.78 is 22.0. The van der Waals surface area contributed by atoms with Gasteiger partial charge in [-0.25, -0.2) is 0 Å². The maximum Gasteiger partial charge on any atom is 0.203 e. The van der Waals surface area contributed by atoms with Crippen molar-refractivity contribution in [3.8, 4) is 17.2 Å². The quantitative estimate of drug-likeness (QED) is 0.736. The standard InChI is InChI=1S/C15H21NO5/c1-16-4-5-20-12(8-16)10-21-15-13(18-2)6-11(9-17)7-14(15)19-3/h6-7,9,12H,4-5,8,10H2,1-3H3. The van der Waals surface area contributed by atoms with Crippen LogP contribution in [0.3, 0.4) is 0 Å². The minimum absolute atomic E-state index is 0.00362. The van der Waals surface area contributed by atoms with Crippen LogP contribution in [0.5, 0.6) is 17.2 Å². The van der Waals surface area contributed by atoms with Crippen molar-refractivity contribution < 1.29 is 23.7 Å². The topological polar surface area (TPSA) is 57.2 Å². The minimum atomic E-state index is 0.00362. The number of hydrogen-bond donors (Lipinski definition) is 0. The van der Waals surface area contributed by atoms with E-state index in [-0.39, 0.29) is 6.10 Å². The number of benzene rings is 1. The Morgan fingerprint density at radius 1 is 1.33 bits per heavy atom. The van der Waals surface area contributed by atoms with Gasteiger partial charge in [-0.3, -0.25) is 4.79 Å². The predicted octanol–water partition coefficient (Wildman–Crippen LogP) is 1.23. The van der Waals surface area contributed by atoms with Gasteiger partial charge in [0.25, 0.3) is 0 Å². The van der Waals surface area contributed by atoms with E-state index in [1.54, 1.807) is 12.1 Å². The summed E-state index contributed by atoms with van der Waals surface area (Å²) in [7, 11) is 5.11. The summed E-state index contributed by atoms with van der Waals surface area (Å²) in [5.41, 5.74) is 0.477. The fourth-order valence-corrected chi connectivity index (χ4v) is 2.25. The maximum absolute atomic E-state index is 10.9. The molecule has 1 aromatic rings. The van der Waals surface area contributed by atoms with Crippen molar-refractivity contribution in [2.45, 2.75) is 6.10 Å². The number of likely N-dealkylation sites (N-methyl/N-ethyl adjacent to an activating group) is 1. The van der Waals surface area contributed by atoms with E-state index in [2.05, 4.69) is 11.9 Å². The number of morpholine rings is 1. The van der Waals surface area contributed by atoms with Crippen molar-refractivity contribution in [1.82, 2.24) is 4.90 Å². The summed E-state index contributed by atoms with van der Waals surface area (Å²) in [6.07, 6.45) is 0.748. The smallest absolute Gasteiger partial charge is 0.203 e. The van der Waals surface area contributed by atoms with E-state index in [1.807, 2.05) is 0 Å². The van der Waals surface area contributed by atoms with E-state index in [1.165, 1.54) is 14.2 Å². The molecule has 0 N–H and O–H groups in total. The van der Waals surface area contributed by atoms with E-state index in [0.29, 0.717) is 36.0 Å². The van der Waals surface area contributed by atoms with Crippen LogP contribution in [0.2, 0.25) is 0 Å². The van der Waals surface area contributed by atoms with Gasteiger partial charge in [0.15, 0.2) is 11.5 Å². The number of nitrogens with zero attached hydrogens (tertiary/aromatic N) is 1. The van der Waals surface area contributed by atoms with Crippen molar-refractivity contribution >= 4 is 6.29 Å². The fourth-order valence-electron chi connectivity index (χ4n) is 2.25. The molecule has 1 aliphatic heterocycles. The van der Waals surface area contributed by atoms with Gasteiger partial charge in [0.05, 0.1) is 20.8 Å². The SMILES string of the molecule is COc1cc(C=O)cc(OC)c1OCC1CN(C)CCO1. The fraction of sp³-hybridized carbons (Fsp3) is 0.533. The molecule has 2 rings (SSSR count). The lowest BCUT2D eigenvalue weighted by molar-refractivity contribution is -0.0409. The lowest BCUT2D eigenvalue weighted by atomic mass is 10.2. The van der Waals surface area contributed by atoms with Crippen molar-refractivity contribution in [3.05, 3.63) is 17.7 Å². The van der Waals surface area contributed by atoms with E-state index < -0.39 is 0 Å². The van der Waals surface area contributed by atoms with Crippen molar-refractivity contribution in [2.75, 3.05) is 47.6 Å². The summed E-state index contributed by atoms with van der Waals surface area (Å²) in [6.45, 7) is 2.84. The van der Waals surface area contributed by atoms with Gasteiger partial charge in [-0.1, -0.05) is 0 Å². The van der Waals surface area contributed by atoms with Crippen LogP contribution in [0.25, 0.3) is 0 Å². The highest BCUT2D eigenvalue weighted by Gasteiger charge is 2.21. The van der Waals surface area contributed by atoms with Gasteiger partial charge in [0.1, 0.15) is 19.0 Å². The molecule has 21 heavy (non-hydrogen) atoms. The number of aldehydes is 1. The van der Waals surface area contributed by atoms with Gasteiger partial charge in [-0.15, -0.1) is 0 Å². The largest absolute Gasteiger partial charge is 0.493 e. The molecule has 1 heterocycles. The Hall–Kier alpha value is -1.79. The Labute approximate surface area is 124 Å². The molecule has 0 aromatic heterocycles. The Bertz CT molecular complexity index is 466. The van der Waals surface area contributed by atoms with Gasteiger partial charge in [-0.2, -0.15) is 0 Å². The lowest BCUT2D eigenvalue weighted by Gasteiger charge is -2.30. The van der Waals surface area contributed by atoms with Crippen LogP contribution >= 0.6 is 0 Å². The monoisotopic (exact) mass is 295 g/mol. The highest BCUT2D eigenvalue weighted by molar-refractivity contribution is 5.78. The first kappa shape index (κ1) is 15.6. The van der Waals surface area contributed by atoms with E-state index in [0.717, 1.165) is 19.4 Å². The molecule has 0 amide bonds. The first-order chi connectivity index (χ1) is 10.2. The number of hydrogen-bond acceptors (Lipinski definition) is 6. The summed E-state index contributed by atoms with van der Waals surface area (Å²) in [5, 5.41) is 0. The molecule has 1 saturated heterocycles. The molecule has 6 nitrogen and oxygen atoms in total. The molecule has 1 aliphatic rings. The molecular formula is C15H21NO5. The van der Waals surface area contributed by atoms with Crippen LogP contribution in [0.15, 0.2) is 12.1 Å². The number of rotatable bonds is 6. The zero-order chi connectivity index (χ0) is 15.2. The second-order valence-electron chi connectivity index (χ2n) is 4.94. The summed E-state index contributed by atoms with van der Waals surface area (Å²) in [4.78, 5) is 13.1. The molecule has 0 saturated carbocycles. The highest BCUT2D eigenvalue weighted by Crippen LogP contribution is 2.38. The third kappa shape index (κ3) is 3.86. The molecule has 0 spiro atoms. The molecule has 1 aromatic carbocycles. The first-order valence-electron chi connectivity index (χ1n) is 6.82. The highest BCUT2D eigenvalue weighted by atomic mass is 16.6. The van der Waals surface area contributed by atoms with Crippen LogP contribution in [-0.4, -0.2) is 64.9 Å². The van der Waals surface area contributed by atoms with Crippen LogP contribution in [0.4, 0.5) is 0 Å². The van der Waals surface area contributed by atoms with Crippen LogP contribution in [0, 0.1) is 0 Å². The van der Waals surface area contributed by atoms with E-state index in [4.69, 9.17) is 18.9 Å². The third-order valence-corrected chi connectivity index (χ3v) is 3.37. The molecule has 1 unspecified atom stereocenters. The van der Waals surface area contributed by atoms with Crippen LogP contribution in [-0.2, 0) is 4.74 Å². The van der Waals surface area contributed by atoms with Crippen molar-refractivity contribution in [3.63, 3.8) is 0 Å². The Balaban J connectivity index is 2.12. The number of ether oxygens (including phenoxy) is 4. The first-order valence-corrected chi connectivity index (χ1v) is 6.82. The van der Waals surface area contributed by atoms with Gasteiger partial charge >= 0.3 is 0 Å². The maximum atomic E-state index is 10.9. The zero-order valence-corrected chi connectivity index (χ0v) is 12.6. The Kier molecular flexibility index (Phi) is 5.41. The van der Waals surface area contributed by atoms with E-state index >= 15 is 0 Å². The van der Waals surface area contributed by atoms with E-state index in [9.17, 15) is 4.79 Å². The molecular weight excluding hydrogens is 274 g/mol. The molecule has 0 radical (unpaired) electrons. The minimum Gasteiger partial charge on any atom is -0.493 e. The van der Waals surface area contributed by atoms with Crippen LogP contribution in [0.1, 0.15) is 10.4 Å². The average molecular weight is 295 g/mol. The van der Waals surface area contributed by atoms with Gasteiger partial charge in [0, 0.05) is 18.7 Å². The molecule has 116 valence electrons. The summed E-state index contributed by atoms with van der Waals surface area (Å²) in [6, 6.07) is 3.25. The zero-order valence-electron chi connectivity index (χ0n) is 12.6. The third-order valence-electron chi connectivity index (χ3n) is 3.37. The lowest BCUT2D eigenvalue weighted by Crippen LogP contribution is -2.42. The average Bonchev–Trinajstić information content (AvgIpc) is 2.52. The Morgan fingerprint density at radius 2 is 2.00 bits per heavy atom. The summed E-state index contributed by atoms with van der Waals surface area (Å²) >= 11 is 0. The molecule has 0 bridgehead atoms. The predicted molar refractivity (Wildman–Crippen MR) is 77.7 cm³/mol. The number of carbonyl (C=O) groups is 1. The molecule has 1 atom stereocenters. The second kappa shape index (κ2) is 7.28. The number of carbonyl (C=O) groups excluding carboxylic acids is 1. The van der Waals surface area contributed by atoms with Gasteiger partial charge in [0.2, 0.25) is 5.75 Å². The second-order valence-corrected chi connectivity index (χ2v) is 4.94. The molecule has 0 aliphatic carbocycles. The summed E-state index contributed by atoms with van der Waals surface area (Å²) in [5.74, 6) is 1.43. The van der Waals surface area contributed by atoms with Gasteiger partial charge < -0.3 is 23.8 Å². The van der Waals surface area contributed by atoms with Gasteiger partial charge in [-0.05, 0) is 19.2 Å². The van der Waals surface area contributed by atoms with Crippen LogP contribution < -0.4 is 14.2 Å². The normalized spacial score (nSPS) is 19.1. The number of methoxy groups -OCH3 is 2. The molecule has 1 fully saturated rings. The van der Waals surface area contributed by atoms with Crippen molar-refractivity contribution in [1.29, 1.82) is 0 Å².